The maximum absolute atomic E-state index is 15.1. The summed E-state index contributed by atoms with van der Waals surface area (Å²) in [7, 11) is -13.6. The molecule has 48 heteroatoms. The highest BCUT2D eigenvalue weighted by atomic mass is 31.2. The van der Waals surface area contributed by atoms with Crippen molar-refractivity contribution < 1.29 is 121 Å². The molecule has 21 atom stereocenters. The summed E-state index contributed by atoms with van der Waals surface area (Å²) in [5.41, 5.74) is 19.7. The van der Waals surface area contributed by atoms with Crippen LogP contribution in [0.25, 0.3) is 33.5 Å². The number of alkyl halides is 1. The molecule has 596 valence electrons. The minimum atomic E-state index is -3.83. The van der Waals surface area contributed by atoms with Crippen molar-refractivity contribution in [1.29, 1.82) is 0 Å². The number of carbonyl (C=O) groups is 1. The van der Waals surface area contributed by atoms with Crippen LogP contribution in [-0.2, 0) is 96.5 Å². The Morgan fingerprint density at radius 1 is 0.602 bits per heavy atom. The summed E-state index contributed by atoms with van der Waals surface area (Å²) in [6.45, 7) is 22.3. The zero-order valence-corrected chi connectivity index (χ0v) is 63.4. The number of aliphatic hydroxyl groups excluding tert-OH is 3. The van der Waals surface area contributed by atoms with Gasteiger partial charge in [-0.3, -0.25) is 68.3 Å². The molecule has 15 heterocycles. The Hall–Kier alpha value is -6.64. The van der Waals surface area contributed by atoms with Crippen LogP contribution in [0.15, 0.2) is 48.7 Å². The second kappa shape index (κ2) is 33.0. The van der Waals surface area contributed by atoms with E-state index in [1.165, 1.54) is 35.6 Å². The van der Waals surface area contributed by atoms with Crippen LogP contribution in [-0.4, -0.2) is 235 Å². The number of nitrogens with two attached hydrogens (primary N) is 3. The predicted molar refractivity (Wildman–Crippen MR) is 374 cm³/mol. The second-order valence-electron chi connectivity index (χ2n) is 26.2. The number of phosphoric ester groups is 3. The molecule has 15 rings (SSSR count). The van der Waals surface area contributed by atoms with E-state index in [9.17, 15) is 38.4 Å². The van der Waals surface area contributed by atoms with Gasteiger partial charge < -0.3 is 65.8 Å². The molecule has 8 unspecified atom stereocenters. The molecule has 10 N–H and O–H groups in total. The van der Waals surface area contributed by atoms with Gasteiger partial charge in [-0.15, -0.1) is 0 Å². The number of aryl methyl sites for hydroxylation is 3. The number of phosphoric acid groups is 3. The van der Waals surface area contributed by atoms with Gasteiger partial charge in [0, 0.05) is 18.7 Å². The number of nitrogens with zero attached hydrogens (tertiary/aromatic N) is 14. The smallest absolute Gasteiger partial charge is 0.475 e. The standard InChI is InChI=1S/C18H26N5O8P.C14H19FN5O5P.C14H20N5O6P.C13H20N3O6P.CH4/c1-5-12(24)28-6-9(2)22-32(26)29-7-11-15(31-32)14(25)18(30-11)23-8-19-13-16(23)20-10(3)21-17(13)27-4;1-6(2)24-26(21)22-4-8-11(25-26)9(15)14(23-8)20-5-17-10-12(16)18-7(3)19-13(10)20;1-6(2)24-26(21)22-4-8-11(25-26)10(20)14(23-8)19-5-16-9-12(15)17-7(3)18-13(9)19;1-7(2)21-23(18)19-6-9-12(22-23)11(17)13(20-9)16-5-4-10(14)15-8(16)3;/h8-9,11,14-15,18,25H,5-7H2,1-4H3,(H,22,26);5-6,8-9,11,14H,4H2,1-3H3,(H2,16,18,19);5-6,8,10-11,14,20H,4H2,1-3H3,(H2,15,17,18);4-5,7,9,11-13,17H,3,6H2,1-2H3,(H2,14,15);1H4/t9-,11?,14-,15+,18+,32?;8?,9-,11+,14+,26?;8?,10-,11+,14+,26?;9?,11-,12+,13+,23?;/m0000./s1. The quantitative estimate of drug-likeness (QED) is 0.0495. The van der Waals surface area contributed by atoms with Gasteiger partial charge in [-0.2, -0.15) is 4.98 Å². The van der Waals surface area contributed by atoms with Gasteiger partial charge in [0.05, 0.1) is 70.8 Å². The lowest BCUT2D eigenvalue weighted by molar-refractivity contribution is -0.143. The number of aromatic nitrogens is 12. The molecule has 9 aliphatic heterocycles. The molecule has 0 aromatic carbocycles. The number of ether oxygens (including phenoxy) is 6. The molecule has 0 spiro atoms. The third kappa shape index (κ3) is 17.5. The van der Waals surface area contributed by atoms with Gasteiger partial charge in [-0.25, -0.2) is 72.6 Å². The third-order valence-corrected chi connectivity index (χ3v) is 23.6. The van der Waals surface area contributed by atoms with Gasteiger partial charge >= 0.3 is 37.2 Å². The van der Waals surface area contributed by atoms with Gasteiger partial charge in [-0.1, -0.05) is 20.9 Å². The Bertz CT molecular complexity index is 4400. The van der Waals surface area contributed by atoms with Crippen LogP contribution in [0.1, 0.15) is 105 Å². The summed E-state index contributed by atoms with van der Waals surface area (Å²) in [6, 6.07) is -0.493. The van der Waals surface area contributed by atoms with Crippen molar-refractivity contribution >= 4 is 88.1 Å². The number of fused-ring (bicyclic) bond motifs is 7. The number of methoxy groups -OCH3 is 1. The number of nitrogen functional groups attached to an aromatic ring is 2. The Morgan fingerprint density at radius 2 is 1.00 bits per heavy atom. The lowest BCUT2D eigenvalue weighted by Crippen LogP contribution is -2.43. The number of hydrogen-bond donors (Lipinski definition) is 7. The number of carbonyl (C=O) groups excluding carboxylic acids is 1. The number of rotatable bonds is 16. The normalized spacial score (nSPS) is 34.3. The molecule has 9 aliphatic rings. The van der Waals surface area contributed by atoms with Gasteiger partial charge in [0.1, 0.15) is 114 Å². The van der Waals surface area contributed by atoms with E-state index in [0.717, 1.165) is 0 Å². The molecule has 8 saturated heterocycles. The lowest BCUT2D eigenvalue weighted by Gasteiger charge is -2.33. The largest absolute Gasteiger partial charge is 0.479 e. The van der Waals surface area contributed by atoms with E-state index in [1.54, 1.807) is 97.6 Å². The number of amidine groups is 1. The molecule has 0 aliphatic carbocycles. The van der Waals surface area contributed by atoms with Crippen molar-refractivity contribution in [2.75, 3.05) is 51.6 Å². The van der Waals surface area contributed by atoms with Crippen LogP contribution in [0.5, 0.6) is 5.88 Å². The van der Waals surface area contributed by atoms with E-state index in [4.69, 9.17) is 95.4 Å². The van der Waals surface area contributed by atoms with Gasteiger partial charge in [0.15, 0.2) is 65.2 Å². The highest BCUT2D eigenvalue weighted by Crippen LogP contribution is 2.61. The average Bonchev–Trinajstić information content (AvgIpc) is 1.62. The van der Waals surface area contributed by atoms with E-state index in [1.807, 2.05) is 0 Å². The van der Waals surface area contributed by atoms with Gasteiger partial charge in [-0.05, 0) is 75.3 Å². The van der Waals surface area contributed by atoms with E-state index in [2.05, 4.69) is 61.5 Å². The van der Waals surface area contributed by atoms with Crippen LogP contribution in [0, 0.1) is 20.8 Å². The first kappa shape index (κ1) is 82.3. The molecular formula is C60H89FN18O25P4. The summed E-state index contributed by atoms with van der Waals surface area (Å²) in [4.78, 5) is 54.8. The van der Waals surface area contributed by atoms with Crippen molar-refractivity contribution in [2.45, 2.75) is 213 Å². The topological polar surface area (TPSA) is 539 Å². The van der Waals surface area contributed by atoms with Crippen molar-refractivity contribution in [1.82, 2.24) is 68.5 Å². The number of halogens is 1. The van der Waals surface area contributed by atoms with E-state index in [-0.39, 0.29) is 76.7 Å². The molecule has 43 nitrogen and oxygen atoms in total. The fourth-order valence-corrected chi connectivity index (χ4v) is 18.8. The summed E-state index contributed by atoms with van der Waals surface area (Å²) in [6.07, 6.45) is -8.23. The molecular weight excluding hydrogens is 1520 g/mol. The van der Waals surface area contributed by atoms with Crippen molar-refractivity contribution in [2.24, 2.45) is 10.7 Å². The van der Waals surface area contributed by atoms with Crippen molar-refractivity contribution in [3.63, 3.8) is 0 Å². The predicted octanol–water partition coefficient (Wildman–Crippen LogP) is 5.00. The van der Waals surface area contributed by atoms with Crippen LogP contribution < -0.4 is 27.0 Å². The van der Waals surface area contributed by atoms with Crippen molar-refractivity contribution in [3.8, 4) is 5.88 Å². The minimum Gasteiger partial charge on any atom is -0.479 e. The van der Waals surface area contributed by atoms with Crippen molar-refractivity contribution in [3.05, 3.63) is 61.1 Å². The summed E-state index contributed by atoms with van der Waals surface area (Å²) in [5.74, 6) is 2.38. The zero-order chi connectivity index (χ0) is 77.1. The van der Waals surface area contributed by atoms with Crippen LogP contribution in [0.3, 0.4) is 0 Å². The molecule has 0 radical (unpaired) electrons. The molecule has 6 aromatic rings. The van der Waals surface area contributed by atoms with Gasteiger partial charge in [0.25, 0.3) is 0 Å². The lowest BCUT2D eigenvalue weighted by atomic mass is 10.1. The molecule has 0 bridgehead atoms. The molecule has 6 aromatic heterocycles. The summed E-state index contributed by atoms with van der Waals surface area (Å²) < 4.78 is 162. The number of nitrogens with one attached hydrogen (secondary N) is 1. The Labute approximate surface area is 617 Å². The summed E-state index contributed by atoms with van der Waals surface area (Å²) in [5, 5.41) is 34.9. The van der Waals surface area contributed by atoms with Crippen LogP contribution >= 0.6 is 31.2 Å². The van der Waals surface area contributed by atoms with Crippen LogP contribution in [0.4, 0.5) is 16.0 Å². The van der Waals surface area contributed by atoms with E-state index < -0.39 is 142 Å². The Morgan fingerprint density at radius 3 is 1.46 bits per heavy atom. The monoisotopic (exact) mass is 1600 g/mol. The maximum Gasteiger partial charge on any atom is 0.475 e. The SMILES string of the molecule is C.C=C1N=C(N)C=CN1[C@@H]1OC2COP(=O)(OC(C)C)O[C@H]2[C@@H]1O.CCC(=O)OC[C@H](C)NP1(=O)OCC2O[C@@H](n3cnc4c(OC)nc(C)nc43)[C@@H](O)[C@@H]2O1.Cc1nc(N)c2ncn([C@@H]3OC4COP(=O)(OC(C)C)O[C@H]4[C@@H]3F)c2n1.Cc1nc(N)c2ncn([C@@H]3OC4COP(=O)(OC(C)C)O[C@H]4[C@@H]3O)c2n1. The van der Waals surface area contributed by atoms with Gasteiger partial charge in [0.2, 0.25) is 5.88 Å². The number of aliphatic hydroxyl groups is 3. The fourth-order valence-electron chi connectivity index (χ4n) is 12.4. The van der Waals surface area contributed by atoms with E-state index >= 15 is 4.39 Å². The first-order valence-electron chi connectivity index (χ1n) is 33.8. The average molecular weight is 1610 g/mol. The molecule has 0 saturated carbocycles. The molecule has 0 amide bonds. The minimum absolute atomic E-state index is 0. The first-order chi connectivity index (χ1) is 50.6. The number of esters is 1. The van der Waals surface area contributed by atoms with E-state index in [0.29, 0.717) is 68.5 Å². The maximum atomic E-state index is 15.1. The molecule has 108 heavy (non-hydrogen) atoms. The number of aliphatic imine (C=N–C) groups is 1. The second-order valence-corrected chi connectivity index (χ2v) is 32.7. The highest BCUT2D eigenvalue weighted by molar-refractivity contribution is 7.51. The Balaban J connectivity index is 0.000000144. The third-order valence-electron chi connectivity index (χ3n) is 16.9. The Kier molecular flexibility index (Phi) is 25.1. The fraction of sp³-hybridized carbons (Fsp3) is 0.650. The summed E-state index contributed by atoms with van der Waals surface area (Å²) >= 11 is 0. The highest BCUT2D eigenvalue weighted by Gasteiger charge is 2.59. The van der Waals surface area contributed by atoms with Crippen LogP contribution in [0.2, 0.25) is 0 Å². The number of anilines is 2. The number of imidazole rings is 3. The number of hydrogen-bond acceptors (Lipinski definition) is 39. The zero-order valence-electron chi connectivity index (χ0n) is 59.9. The molecule has 8 fully saturated rings. The first-order valence-corrected chi connectivity index (χ1v) is 39.7.